The van der Waals surface area contributed by atoms with E-state index in [-0.39, 0.29) is 0 Å². The van der Waals surface area contributed by atoms with Crippen LogP contribution in [-0.4, -0.2) is 11.5 Å². The SMILES string of the molecule is Cc1ccc(OP(O)OCCCCCC(C)C)cc1. The Labute approximate surface area is 117 Å². The standard InChI is InChI=1S/C15H25O3P/c1-13(2)7-5-4-6-12-17-19(16)18-15-10-8-14(3)9-11-15/h8-11,13,16H,4-7,12H2,1-3H3. The van der Waals surface area contributed by atoms with Crippen molar-refractivity contribution in [3.8, 4) is 5.75 Å². The van der Waals surface area contributed by atoms with Crippen molar-refractivity contribution in [2.24, 2.45) is 5.92 Å². The van der Waals surface area contributed by atoms with Gasteiger partial charge in [-0.25, -0.2) is 0 Å². The van der Waals surface area contributed by atoms with Gasteiger partial charge in [-0.2, -0.15) is 0 Å². The van der Waals surface area contributed by atoms with Crippen molar-refractivity contribution in [1.82, 2.24) is 0 Å². The molecular formula is C15H25O3P. The van der Waals surface area contributed by atoms with Crippen LogP contribution >= 0.6 is 8.60 Å². The third kappa shape index (κ3) is 8.20. The number of hydrogen-bond donors (Lipinski definition) is 1. The van der Waals surface area contributed by atoms with Crippen LogP contribution in [0, 0.1) is 12.8 Å². The van der Waals surface area contributed by atoms with Crippen molar-refractivity contribution in [2.75, 3.05) is 6.61 Å². The van der Waals surface area contributed by atoms with Crippen LogP contribution in [0.5, 0.6) is 5.75 Å². The zero-order chi connectivity index (χ0) is 14.1. The Morgan fingerprint density at radius 3 is 2.42 bits per heavy atom. The van der Waals surface area contributed by atoms with Gasteiger partial charge >= 0.3 is 8.60 Å². The van der Waals surface area contributed by atoms with Gasteiger partial charge in [0.1, 0.15) is 5.75 Å². The molecule has 3 nitrogen and oxygen atoms in total. The maximum atomic E-state index is 9.64. The molecule has 1 unspecified atom stereocenters. The van der Waals surface area contributed by atoms with E-state index in [4.69, 9.17) is 9.05 Å². The van der Waals surface area contributed by atoms with Crippen LogP contribution in [0.2, 0.25) is 0 Å². The summed E-state index contributed by atoms with van der Waals surface area (Å²) < 4.78 is 10.6. The molecule has 1 aromatic carbocycles. The molecule has 1 rings (SSSR count). The van der Waals surface area contributed by atoms with E-state index >= 15 is 0 Å². The van der Waals surface area contributed by atoms with Gasteiger partial charge in [0, 0.05) is 0 Å². The Hall–Kier alpha value is -0.630. The van der Waals surface area contributed by atoms with Gasteiger partial charge in [0.15, 0.2) is 0 Å². The van der Waals surface area contributed by atoms with Crippen LogP contribution in [0.4, 0.5) is 0 Å². The zero-order valence-corrected chi connectivity index (χ0v) is 13.0. The van der Waals surface area contributed by atoms with Gasteiger partial charge in [-0.15, -0.1) is 0 Å². The second-order valence-corrected chi connectivity index (χ2v) is 6.14. The molecule has 0 aromatic heterocycles. The minimum atomic E-state index is -1.80. The Balaban J connectivity index is 2.08. The maximum absolute atomic E-state index is 9.64. The summed E-state index contributed by atoms with van der Waals surface area (Å²) in [5, 5.41) is 0. The molecule has 0 fully saturated rings. The fraction of sp³-hybridized carbons (Fsp3) is 0.600. The smallest absolute Gasteiger partial charge is 0.394 e. The van der Waals surface area contributed by atoms with E-state index in [1.54, 1.807) is 0 Å². The lowest BCUT2D eigenvalue weighted by Crippen LogP contribution is -1.95. The quantitative estimate of drug-likeness (QED) is 0.521. The molecule has 0 aliphatic rings. The molecular weight excluding hydrogens is 259 g/mol. The van der Waals surface area contributed by atoms with Crippen molar-refractivity contribution >= 4 is 8.60 Å². The summed E-state index contributed by atoms with van der Waals surface area (Å²) in [5.41, 5.74) is 1.17. The van der Waals surface area contributed by atoms with E-state index in [0.29, 0.717) is 12.4 Å². The molecule has 0 spiro atoms. The third-order valence-electron chi connectivity index (χ3n) is 2.83. The van der Waals surface area contributed by atoms with Crippen LogP contribution in [0.15, 0.2) is 24.3 Å². The molecule has 0 saturated carbocycles. The first-order valence-electron chi connectivity index (χ1n) is 6.94. The van der Waals surface area contributed by atoms with Gasteiger partial charge in [-0.05, 0) is 31.4 Å². The lowest BCUT2D eigenvalue weighted by molar-refractivity contribution is 0.253. The number of rotatable bonds is 9. The van der Waals surface area contributed by atoms with Gasteiger partial charge < -0.3 is 13.9 Å². The molecule has 0 bridgehead atoms. The first kappa shape index (κ1) is 16.4. The molecule has 108 valence electrons. The second kappa shape index (κ2) is 9.30. The summed E-state index contributed by atoms with van der Waals surface area (Å²) in [6.07, 6.45) is 4.60. The first-order chi connectivity index (χ1) is 9.08. The highest BCUT2D eigenvalue weighted by Crippen LogP contribution is 2.35. The monoisotopic (exact) mass is 284 g/mol. The van der Waals surface area contributed by atoms with Crippen LogP contribution in [0.1, 0.15) is 45.1 Å². The number of hydrogen-bond acceptors (Lipinski definition) is 3. The van der Waals surface area contributed by atoms with Crippen LogP contribution < -0.4 is 4.52 Å². The van der Waals surface area contributed by atoms with Crippen molar-refractivity contribution in [3.63, 3.8) is 0 Å². The normalized spacial score (nSPS) is 12.7. The molecule has 0 aliphatic heterocycles. The average molecular weight is 284 g/mol. The summed E-state index contributed by atoms with van der Waals surface area (Å²) in [7, 11) is -1.80. The van der Waals surface area contributed by atoms with Crippen LogP contribution in [-0.2, 0) is 4.52 Å². The number of unbranched alkanes of at least 4 members (excludes halogenated alkanes) is 2. The van der Waals surface area contributed by atoms with Crippen molar-refractivity contribution < 1.29 is 13.9 Å². The molecule has 19 heavy (non-hydrogen) atoms. The van der Waals surface area contributed by atoms with Gasteiger partial charge in [-0.1, -0.05) is 50.8 Å². The lowest BCUT2D eigenvalue weighted by Gasteiger charge is -2.11. The highest BCUT2D eigenvalue weighted by Gasteiger charge is 2.08. The van der Waals surface area contributed by atoms with E-state index in [0.717, 1.165) is 18.8 Å². The highest BCUT2D eigenvalue weighted by molar-refractivity contribution is 7.41. The Kier molecular flexibility index (Phi) is 8.04. The van der Waals surface area contributed by atoms with Crippen molar-refractivity contribution in [1.29, 1.82) is 0 Å². The predicted octanol–water partition coefficient (Wildman–Crippen LogP) is 4.83. The van der Waals surface area contributed by atoms with Gasteiger partial charge in [0.2, 0.25) is 0 Å². The second-order valence-electron chi connectivity index (χ2n) is 5.22. The fourth-order valence-corrected chi connectivity index (χ4v) is 2.33. The molecule has 0 saturated heterocycles. The Bertz CT molecular complexity index is 338. The van der Waals surface area contributed by atoms with Gasteiger partial charge in [-0.3, -0.25) is 0 Å². The third-order valence-corrected chi connectivity index (χ3v) is 3.60. The molecule has 4 heteroatoms. The predicted molar refractivity (Wildman–Crippen MR) is 80.2 cm³/mol. The Morgan fingerprint density at radius 1 is 1.11 bits per heavy atom. The number of benzene rings is 1. The van der Waals surface area contributed by atoms with E-state index in [2.05, 4.69) is 13.8 Å². The first-order valence-corrected chi connectivity index (χ1v) is 8.07. The molecule has 0 aliphatic carbocycles. The topological polar surface area (TPSA) is 38.7 Å². The summed E-state index contributed by atoms with van der Waals surface area (Å²) in [4.78, 5) is 9.64. The number of aryl methyl sites for hydroxylation is 1. The molecule has 1 atom stereocenters. The minimum Gasteiger partial charge on any atom is -0.427 e. The molecule has 0 radical (unpaired) electrons. The minimum absolute atomic E-state index is 0.562. The largest absolute Gasteiger partial charge is 0.427 e. The fourth-order valence-electron chi connectivity index (χ4n) is 1.69. The van der Waals surface area contributed by atoms with Crippen LogP contribution in [0.25, 0.3) is 0 Å². The average Bonchev–Trinajstić information content (AvgIpc) is 2.36. The van der Waals surface area contributed by atoms with E-state index in [1.165, 1.54) is 18.4 Å². The van der Waals surface area contributed by atoms with Crippen molar-refractivity contribution in [3.05, 3.63) is 29.8 Å². The summed E-state index contributed by atoms with van der Waals surface area (Å²) in [6, 6.07) is 7.58. The van der Waals surface area contributed by atoms with Crippen LogP contribution in [0.3, 0.4) is 0 Å². The summed E-state index contributed by atoms with van der Waals surface area (Å²) in [6.45, 7) is 7.04. The summed E-state index contributed by atoms with van der Waals surface area (Å²) >= 11 is 0. The zero-order valence-electron chi connectivity index (χ0n) is 12.1. The molecule has 0 heterocycles. The molecule has 0 amide bonds. The lowest BCUT2D eigenvalue weighted by atomic mass is 10.1. The maximum Gasteiger partial charge on any atom is 0.394 e. The molecule has 1 N–H and O–H groups in total. The van der Waals surface area contributed by atoms with Gasteiger partial charge in [0.25, 0.3) is 0 Å². The Morgan fingerprint density at radius 2 is 1.79 bits per heavy atom. The summed E-state index contributed by atoms with van der Waals surface area (Å²) in [5.74, 6) is 1.42. The van der Waals surface area contributed by atoms with E-state index in [9.17, 15) is 4.89 Å². The van der Waals surface area contributed by atoms with Crippen molar-refractivity contribution in [2.45, 2.75) is 46.5 Å². The van der Waals surface area contributed by atoms with E-state index < -0.39 is 8.60 Å². The van der Waals surface area contributed by atoms with Gasteiger partial charge in [0.05, 0.1) is 6.61 Å². The highest BCUT2D eigenvalue weighted by atomic mass is 31.2. The molecule has 1 aromatic rings. The van der Waals surface area contributed by atoms with E-state index in [1.807, 2.05) is 31.2 Å².